The smallest absolute Gasteiger partial charge is 0.193 e. The van der Waals surface area contributed by atoms with E-state index in [1.54, 1.807) is 0 Å². The Kier molecular flexibility index (Phi) is 5.82. The molecule has 0 bridgehead atoms. The van der Waals surface area contributed by atoms with Gasteiger partial charge in [-0.1, -0.05) is 0 Å². The molecule has 0 saturated carbocycles. The molecule has 0 radical (unpaired) electrons. The predicted molar refractivity (Wildman–Crippen MR) is 78.6 cm³/mol. The molecule has 4 nitrogen and oxygen atoms in total. The van der Waals surface area contributed by atoms with Crippen molar-refractivity contribution in [3.63, 3.8) is 0 Å². The topological polar surface area (TPSA) is 30.9 Å². The molecular formula is C11H23IN4. The van der Waals surface area contributed by atoms with Gasteiger partial charge in [0.05, 0.1) is 6.54 Å². The molecule has 2 heterocycles. The van der Waals surface area contributed by atoms with E-state index in [2.05, 4.69) is 34.2 Å². The summed E-state index contributed by atoms with van der Waals surface area (Å²) in [6, 6.07) is 0. The van der Waals surface area contributed by atoms with Gasteiger partial charge in [-0.15, -0.1) is 24.0 Å². The average molecular weight is 338 g/mol. The van der Waals surface area contributed by atoms with Crippen molar-refractivity contribution < 1.29 is 0 Å². The Morgan fingerprint density at radius 2 is 1.94 bits per heavy atom. The number of guanidine groups is 1. The van der Waals surface area contributed by atoms with Gasteiger partial charge in [-0.25, -0.2) is 0 Å². The molecule has 16 heavy (non-hydrogen) atoms. The SMILES string of the molecule is CN1CCC(CNC2=NCCN2C)CC1.I. The minimum atomic E-state index is 0. The Labute approximate surface area is 115 Å². The van der Waals surface area contributed by atoms with Gasteiger partial charge in [0, 0.05) is 20.1 Å². The first-order chi connectivity index (χ1) is 7.25. The zero-order chi connectivity index (χ0) is 10.7. The normalized spacial score (nSPS) is 22.9. The zero-order valence-corrected chi connectivity index (χ0v) is 12.6. The highest BCUT2D eigenvalue weighted by molar-refractivity contribution is 14.0. The average Bonchev–Trinajstić information content (AvgIpc) is 2.63. The summed E-state index contributed by atoms with van der Waals surface area (Å²) in [6.45, 7) is 5.60. The van der Waals surface area contributed by atoms with E-state index >= 15 is 0 Å². The number of likely N-dealkylation sites (tertiary alicyclic amines) is 1. The van der Waals surface area contributed by atoms with Crippen LogP contribution >= 0.6 is 24.0 Å². The first-order valence-corrected chi connectivity index (χ1v) is 5.93. The molecule has 2 aliphatic heterocycles. The standard InChI is InChI=1S/C11H22N4.HI/c1-14-6-3-10(4-7-14)9-13-11-12-5-8-15(11)2;/h10H,3-9H2,1-2H3,(H,12,13);1H. The largest absolute Gasteiger partial charge is 0.356 e. The van der Waals surface area contributed by atoms with E-state index in [0.29, 0.717) is 0 Å². The number of aliphatic imine (C=N–C) groups is 1. The summed E-state index contributed by atoms with van der Waals surface area (Å²) in [5, 5.41) is 3.47. The fraction of sp³-hybridized carbons (Fsp3) is 0.909. The number of hydrogen-bond donors (Lipinski definition) is 1. The van der Waals surface area contributed by atoms with Crippen LogP contribution in [-0.4, -0.2) is 62.6 Å². The van der Waals surface area contributed by atoms with Crippen LogP contribution in [0, 0.1) is 5.92 Å². The first kappa shape index (κ1) is 14.0. The van der Waals surface area contributed by atoms with Crippen molar-refractivity contribution in [2.45, 2.75) is 12.8 Å². The van der Waals surface area contributed by atoms with Crippen LogP contribution in [0.4, 0.5) is 0 Å². The summed E-state index contributed by atoms with van der Waals surface area (Å²) >= 11 is 0. The summed E-state index contributed by atoms with van der Waals surface area (Å²) in [7, 11) is 4.31. The van der Waals surface area contributed by atoms with Gasteiger partial charge in [-0.3, -0.25) is 4.99 Å². The van der Waals surface area contributed by atoms with E-state index in [9.17, 15) is 0 Å². The van der Waals surface area contributed by atoms with Crippen molar-refractivity contribution in [3.05, 3.63) is 0 Å². The van der Waals surface area contributed by atoms with E-state index in [0.717, 1.165) is 31.5 Å². The quantitative estimate of drug-likeness (QED) is 0.757. The van der Waals surface area contributed by atoms with Gasteiger partial charge in [-0.2, -0.15) is 0 Å². The maximum Gasteiger partial charge on any atom is 0.193 e. The minimum Gasteiger partial charge on any atom is -0.356 e. The molecule has 2 aliphatic rings. The first-order valence-electron chi connectivity index (χ1n) is 5.93. The molecule has 0 aromatic heterocycles. The lowest BCUT2D eigenvalue weighted by Gasteiger charge is -2.29. The van der Waals surface area contributed by atoms with E-state index in [4.69, 9.17) is 0 Å². The molecule has 2 rings (SSSR count). The van der Waals surface area contributed by atoms with E-state index in [1.807, 2.05) is 0 Å². The van der Waals surface area contributed by atoms with E-state index < -0.39 is 0 Å². The van der Waals surface area contributed by atoms with Crippen molar-refractivity contribution >= 4 is 29.9 Å². The van der Waals surface area contributed by atoms with Crippen LogP contribution < -0.4 is 5.32 Å². The Hall–Kier alpha value is -0.0400. The molecule has 0 spiro atoms. The van der Waals surface area contributed by atoms with Crippen molar-refractivity contribution in [1.29, 1.82) is 0 Å². The summed E-state index contributed by atoms with van der Waals surface area (Å²) in [5.41, 5.74) is 0. The number of hydrogen-bond acceptors (Lipinski definition) is 4. The summed E-state index contributed by atoms with van der Waals surface area (Å²) in [5.74, 6) is 1.92. The van der Waals surface area contributed by atoms with Crippen LogP contribution in [0.15, 0.2) is 4.99 Å². The van der Waals surface area contributed by atoms with Gasteiger partial charge in [-0.05, 0) is 38.9 Å². The second-order valence-corrected chi connectivity index (χ2v) is 4.75. The molecule has 1 N–H and O–H groups in total. The molecule has 0 unspecified atom stereocenters. The molecule has 0 aromatic carbocycles. The van der Waals surface area contributed by atoms with E-state index in [1.165, 1.54) is 25.9 Å². The summed E-state index contributed by atoms with van der Waals surface area (Å²) < 4.78 is 0. The molecule has 0 amide bonds. The maximum absolute atomic E-state index is 4.44. The number of halogens is 1. The van der Waals surface area contributed by atoms with Gasteiger partial charge in [0.25, 0.3) is 0 Å². The lowest BCUT2D eigenvalue weighted by atomic mass is 9.97. The van der Waals surface area contributed by atoms with Crippen molar-refractivity contribution in [1.82, 2.24) is 15.1 Å². The van der Waals surface area contributed by atoms with Crippen LogP contribution in [0.1, 0.15) is 12.8 Å². The third kappa shape index (κ3) is 3.76. The van der Waals surface area contributed by atoms with Crippen molar-refractivity contribution in [2.24, 2.45) is 10.9 Å². The minimum absolute atomic E-state index is 0. The number of nitrogens with zero attached hydrogens (tertiary/aromatic N) is 3. The van der Waals surface area contributed by atoms with Gasteiger partial charge in [0.15, 0.2) is 5.96 Å². The van der Waals surface area contributed by atoms with Gasteiger partial charge in [0.2, 0.25) is 0 Å². The Bertz CT molecular complexity index is 236. The molecule has 5 heteroatoms. The maximum atomic E-state index is 4.44. The number of piperidine rings is 1. The van der Waals surface area contributed by atoms with E-state index in [-0.39, 0.29) is 24.0 Å². The lowest BCUT2D eigenvalue weighted by molar-refractivity contribution is 0.219. The molecule has 0 aliphatic carbocycles. The predicted octanol–water partition coefficient (Wildman–Crippen LogP) is 0.837. The fourth-order valence-electron chi connectivity index (χ4n) is 2.23. The van der Waals surface area contributed by atoms with Crippen LogP contribution in [0.2, 0.25) is 0 Å². The fourth-order valence-corrected chi connectivity index (χ4v) is 2.23. The van der Waals surface area contributed by atoms with Gasteiger partial charge in [0.1, 0.15) is 0 Å². The Balaban J connectivity index is 0.00000128. The Morgan fingerprint density at radius 1 is 1.25 bits per heavy atom. The highest BCUT2D eigenvalue weighted by Crippen LogP contribution is 2.14. The zero-order valence-electron chi connectivity index (χ0n) is 10.3. The second-order valence-electron chi connectivity index (χ2n) is 4.75. The Morgan fingerprint density at radius 3 is 2.50 bits per heavy atom. The van der Waals surface area contributed by atoms with Crippen LogP contribution in [0.25, 0.3) is 0 Å². The van der Waals surface area contributed by atoms with Crippen LogP contribution in [0.5, 0.6) is 0 Å². The molecule has 0 aromatic rings. The highest BCUT2D eigenvalue weighted by Gasteiger charge is 2.18. The van der Waals surface area contributed by atoms with Crippen LogP contribution in [-0.2, 0) is 0 Å². The van der Waals surface area contributed by atoms with Crippen LogP contribution in [0.3, 0.4) is 0 Å². The molecule has 1 saturated heterocycles. The van der Waals surface area contributed by atoms with Gasteiger partial charge < -0.3 is 15.1 Å². The molecule has 94 valence electrons. The van der Waals surface area contributed by atoms with Crippen molar-refractivity contribution in [2.75, 3.05) is 46.8 Å². The molecular weight excluding hydrogens is 315 g/mol. The summed E-state index contributed by atoms with van der Waals surface area (Å²) in [6.07, 6.45) is 2.64. The number of rotatable bonds is 2. The second kappa shape index (κ2) is 6.64. The highest BCUT2D eigenvalue weighted by atomic mass is 127. The van der Waals surface area contributed by atoms with Crippen molar-refractivity contribution in [3.8, 4) is 0 Å². The third-order valence-electron chi connectivity index (χ3n) is 3.45. The summed E-state index contributed by atoms with van der Waals surface area (Å²) in [4.78, 5) is 9.05. The molecule has 0 atom stereocenters. The number of nitrogens with one attached hydrogen (secondary N) is 1. The lowest BCUT2D eigenvalue weighted by Crippen LogP contribution is -2.41. The monoisotopic (exact) mass is 338 g/mol. The molecule has 1 fully saturated rings. The van der Waals surface area contributed by atoms with Gasteiger partial charge >= 0.3 is 0 Å². The number of likely N-dealkylation sites (N-methyl/N-ethyl adjacent to an activating group) is 1. The third-order valence-corrected chi connectivity index (χ3v) is 3.45.